The predicted molar refractivity (Wildman–Crippen MR) is 304 cm³/mol. The molecule has 42 heteroatoms. The van der Waals surface area contributed by atoms with Gasteiger partial charge in [0, 0.05) is 0 Å². The molecule has 0 saturated carbocycles. The molecule has 6 heterocycles. The second-order valence-electron chi connectivity index (χ2n) is 24.0. The maximum absolute atomic E-state index is 11.9. The predicted octanol–water partition coefficient (Wildman–Crippen LogP) is 5.23. The molecule has 4 unspecified atom stereocenters. The lowest BCUT2D eigenvalue weighted by Gasteiger charge is -2.60. The van der Waals surface area contributed by atoms with Crippen LogP contribution in [0.5, 0.6) is 0 Å². The highest BCUT2D eigenvalue weighted by atomic mass is 28.7. The van der Waals surface area contributed by atoms with Crippen molar-refractivity contribution in [1.29, 1.82) is 0 Å². The fourth-order valence-electron chi connectivity index (χ4n) is 8.47. The van der Waals surface area contributed by atoms with E-state index in [-0.39, 0.29) is 0 Å². The summed E-state index contributed by atoms with van der Waals surface area (Å²) >= 11 is 0. The molecular formula is C35H92O27Si15. The average Bonchev–Trinajstić information content (AvgIpc) is 3.09. The Morgan fingerprint density at radius 2 is 0.481 bits per heavy atom. The fraction of sp³-hybridized carbons (Fsp3) is 1.00. The van der Waals surface area contributed by atoms with Crippen LogP contribution in [0.2, 0.25) is 97.7 Å². The lowest BCUT2D eigenvalue weighted by Crippen LogP contribution is -2.93. The Hall–Kier alpha value is 2.17. The van der Waals surface area contributed by atoms with Crippen molar-refractivity contribution in [1.82, 2.24) is 0 Å². The Morgan fingerprint density at radius 1 is 0.299 bits per heavy atom. The van der Waals surface area contributed by atoms with Gasteiger partial charge >= 0.3 is 124 Å². The summed E-state index contributed by atoms with van der Waals surface area (Å²) in [6, 6.07) is 0.444. The van der Waals surface area contributed by atoms with Gasteiger partial charge in [-0.1, -0.05) is 110 Å². The van der Waals surface area contributed by atoms with E-state index in [1.54, 1.807) is 0 Å². The molecule has 6 saturated heterocycles. The van der Waals surface area contributed by atoms with Crippen molar-refractivity contribution in [2.24, 2.45) is 0 Å². The highest BCUT2D eigenvalue weighted by Gasteiger charge is 2.93. The van der Waals surface area contributed by atoms with Crippen LogP contribution >= 0.6 is 0 Å². The van der Waals surface area contributed by atoms with Crippen molar-refractivity contribution in [3.8, 4) is 0 Å². The SMILES string of the molecule is CCCCCCCCCCCCCCCCCC[Si](C)(C)O[Si]12O[Si]3(OC(C)(C)O)O[Si]4(O[Si](C)(C)O)O[Si]5(O[Si](C)(C)O)O[Si](O[Si](C)(C)O)(O3)O[Si](O[Si](C)(C)O)(O[Si](O[Si](C)(C)O)(O5)O[Si](O[Si](C)(C)O)(O4)O1)O2. The summed E-state index contributed by atoms with van der Waals surface area (Å²) in [5.41, 5.74) is 0. The number of hydrogen-bond donors (Lipinski definition) is 7. The van der Waals surface area contributed by atoms with Crippen LogP contribution in [0.3, 0.4) is 0 Å². The van der Waals surface area contributed by atoms with Gasteiger partial charge in [-0.25, -0.2) is 0 Å². The highest BCUT2D eigenvalue weighted by Crippen LogP contribution is 2.53. The minimum Gasteiger partial charge on any atom is -0.411 e. The molecule has 6 aliphatic rings. The van der Waals surface area contributed by atoms with Gasteiger partial charge in [-0.05, 0) is 112 Å². The van der Waals surface area contributed by atoms with Crippen molar-refractivity contribution in [3.63, 3.8) is 0 Å². The minimum absolute atomic E-state index is 0.444. The molecule has 0 aliphatic carbocycles. The Kier molecular flexibility index (Phi) is 23.1. The first kappa shape index (κ1) is 69.9. The van der Waals surface area contributed by atoms with E-state index < -0.39 is 138 Å². The topological polar surface area (TPSA) is 326 Å². The number of hydrogen-bond acceptors (Lipinski definition) is 27. The second kappa shape index (κ2) is 25.5. The van der Waals surface area contributed by atoms with Crippen molar-refractivity contribution in [2.45, 2.75) is 227 Å². The van der Waals surface area contributed by atoms with Gasteiger partial charge in [0.2, 0.25) is 0 Å². The quantitative estimate of drug-likeness (QED) is 0.0251. The molecule has 0 aromatic rings. The zero-order valence-electron chi connectivity index (χ0n) is 48.3. The zero-order chi connectivity index (χ0) is 58.2. The lowest BCUT2D eigenvalue weighted by atomic mass is 10.0. The maximum atomic E-state index is 11.9. The van der Waals surface area contributed by atoms with E-state index in [1.807, 2.05) is 13.1 Å². The summed E-state index contributed by atoms with van der Waals surface area (Å²) in [5, 5.41) is 11.7. The van der Waals surface area contributed by atoms with Crippen LogP contribution in [0.4, 0.5) is 0 Å². The van der Waals surface area contributed by atoms with Gasteiger partial charge < -0.3 is 116 Å². The molecule has 0 radical (unpaired) electrons. The number of unbranched alkanes of at least 4 members (excludes halogenated alkanes) is 15. The average molecular weight is 1370 g/mol. The molecule has 6 fully saturated rings. The van der Waals surface area contributed by atoms with Crippen molar-refractivity contribution >= 4 is 132 Å². The van der Waals surface area contributed by atoms with Gasteiger partial charge in [0.15, 0.2) is 14.1 Å². The standard InChI is InChI=1S/C35H92O27Si15/c1-18-19-20-21-22-23-24-25-26-27-28-29-30-31-32-33-34-63(4,5)44-71-51-70(43-35(2,3)36)52-72(45-64(6,7)37)56-74(54-71,47-66(10,11)39)60-77(50-69(16,17)42)61-75(55-71,48-67(12,13)40)57-73(53-70,46-65(8,9)38)59-76(58-72,62-77)49-68(14,15)41/h36-42H,18-34H2,1-17H3. The van der Waals surface area contributed by atoms with Crippen LogP contribution < -0.4 is 0 Å². The summed E-state index contributed by atoms with van der Waals surface area (Å²) in [4.78, 5) is 70.8. The first-order chi connectivity index (χ1) is 34.7. The van der Waals surface area contributed by atoms with Gasteiger partial charge in [-0.2, -0.15) is 0 Å². The molecule has 77 heavy (non-hydrogen) atoms. The third-order valence-corrected chi connectivity index (χ3v) is 58.2. The second-order valence-corrected chi connectivity index (χ2v) is 69.1. The molecule has 27 nitrogen and oxygen atoms in total. The summed E-state index contributed by atoms with van der Waals surface area (Å²) in [7, 11) is -74.7. The largest absolute Gasteiger partial charge is 0.664 e. The molecule has 454 valence electrons. The highest BCUT2D eigenvalue weighted by molar-refractivity contribution is 7.03. The number of rotatable bonds is 33. The normalized spacial score (nSPS) is 33.5. The van der Waals surface area contributed by atoms with Crippen molar-refractivity contribution in [3.05, 3.63) is 0 Å². The van der Waals surface area contributed by atoms with Crippen molar-refractivity contribution in [2.75, 3.05) is 0 Å². The van der Waals surface area contributed by atoms with Crippen LogP contribution in [0.25, 0.3) is 0 Å². The molecule has 7 N–H and O–H groups in total. The first-order valence-electron chi connectivity index (χ1n) is 26.8. The molecule has 0 aromatic carbocycles. The first-order valence-corrected chi connectivity index (χ1v) is 60.1. The summed E-state index contributed by atoms with van der Waals surface area (Å²) in [6.07, 6.45) is 18.8. The molecule has 4 atom stereocenters. The van der Waals surface area contributed by atoms with E-state index in [9.17, 15) is 33.9 Å². The Bertz CT molecular complexity index is 1730. The van der Waals surface area contributed by atoms with Crippen LogP contribution in [-0.4, -0.2) is 172 Å². The molecule has 0 aromatic heterocycles. The molecule has 8 bridgehead atoms. The van der Waals surface area contributed by atoms with E-state index in [1.165, 1.54) is 163 Å². The third kappa shape index (κ3) is 22.8. The maximum Gasteiger partial charge on any atom is 0.664 e. The Morgan fingerprint density at radius 3 is 0.675 bits per heavy atom. The summed E-state index contributed by atoms with van der Waals surface area (Å²) in [6.45, 7) is 23.9. The Labute approximate surface area is 472 Å². The van der Waals surface area contributed by atoms with Crippen LogP contribution in [0.1, 0.15) is 124 Å². The van der Waals surface area contributed by atoms with E-state index in [0.29, 0.717) is 12.5 Å². The molecule has 0 amide bonds. The van der Waals surface area contributed by atoms with Gasteiger partial charge in [0.1, 0.15) is 0 Å². The van der Waals surface area contributed by atoms with Crippen LogP contribution in [-0.2, 0) is 82.6 Å². The number of aliphatic hydroxyl groups is 1. The van der Waals surface area contributed by atoms with Crippen LogP contribution in [0.15, 0.2) is 0 Å². The van der Waals surface area contributed by atoms with E-state index in [2.05, 4.69) is 6.92 Å². The van der Waals surface area contributed by atoms with Crippen LogP contribution in [0, 0.1) is 0 Å². The van der Waals surface area contributed by atoms with Gasteiger partial charge in [0.05, 0.1) is 0 Å². The van der Waals surface area contributed by atoms with E-state index in [4.69, 9.17) is 82.6 Å². The molecule has 0 spiro atoms. The van der Waals surface area contributed by atoms with Gasteiger partial charge in [-0.3, -0.25) is 0 Å². The minimum atomic E-state index is -5.83. The molecule has 6 rings (SSSR count). The molecule has 6 aliphatic heterocycles. The summed E-state index contributed by atoms with van der Waals surface area (Å²) in [5.74, 6) is -2.34. The Balaban J connectivity index is 1.69. The van der Waals surface area contributed by atoms with E-state index >= 15 is 0 Å². The smallest absolute Gasteiger partial charge is 0.411 e. The zero-order valence-corrected chi connectivity index (χ0v) is 63.3. The molecular weight excluding hydrogens is 1270 g/mol. The van der Waals surface area contributed by atoms with Gasteiger partial charge in [-0.15, -0.1) is 0 Å². The monoisotopic (exact) mass is 1360 g/mol. The van der Waals surface area contributed by atoms with Crippen molar-refractivity contribution < 1.29 is 116 Å². The summed E-state index contributed by atoms with van der Waals surface area (Å²) < 4.78 is 135. The third-order valence-electron chi connectivity index (χ3n) is 10.7. The van der Waals surface area contributed by atoms with E-state index in [0.717, 1.165) is 25.7 Å². The van der Waals surface area contributed by atoms with Gasteiger partial charge in [0.25, 0.3) is 0 Å². The lowest BCUT2D eigenvalue weighted by molar-refractivity contribution is -0.185. The fourth-order valence-corrected chi connectivity index (χ4v) is 67.6.